The Labute approximate surface area is 200 Å². The number of aliphatic hydroxyl groups is 1. The summed E-state index contributed by atoms with van der Waals surface area (Å²) in [5.74, 6) is -1.95. The fraction of sp³-hybridized carbons (Fsp3) is 0.182. The zero-order chi connectivity index (χ0) is 25.0. The zero-order valence-electron chi connectivity index (χ0n) is 17.7. The van der Waals surface area contributed by atoms with Crippen molar-refractivity contribution < 1.29 is 27.4 Å². The first-order valence-electron chi connectivity index (χ1n) is 10.0. The molecule has 35 heavy (non-hydrogen) atoms. The molecule has 0 radical (unpaired) electrons. The maximum atomic E-state index is 14.6. The van der Waals surface area contributed by atoms with Crippen molar-refractivity contribution in [2.45, 2.75) is 18.9 Å². The number of nitrogens with one attached hydrogen (secondary N) is 1. The second kappa shape index (κ2) is 10.2. The fourth-order valence-corrected chi connectivity index (χ4v) is 3.97. The average molecular weight is 504 g/mol. The van der Waals surface area contributed by atoms with Gasteiger partial charge in [-0.15, -0.1) is 0 Å². The number of hydrogen-bond acceptors (Lipinski definition) is 7. The van der Waals surface area contributed by atoms with Crippen molar-refractivity contribution in [2.75, 3.05) is 6.54 Å². The number of ether oxygens (including phenoxy) is 1. The molecule has 13 heteroatoms. The third-order valence-corrected chi connectivity index (χ3v) is 5.71. The fourth-order valence-electron chi connectivity index (χ4n) is 3.06. The molecule has 8 nitrogen and oxygen atoms in total. The van der Waals surface area contributed by atoms with E-state index in [9.17, 15) is 22.7 Å². The SMILES string of the molecule is N#Cc1ccc(Oc2ccc(/C=C3\SC(=NCCn4cncn4)NC3O)cc2F)c(C(F)(F)F)c1. The summed E-state index contributed by atoms with van der Waals surface area (Å²) in [6.45, 7) is 0.900. The number of nitrogens with zero attached hydrogens (tertiary/aromatic N) is 5. The molecule has 1 aliphatic rings. The number of benzene rings is 2. The molecule has 1 saturated heterocycles. The summed E-state index contributed by atoms with van der Waals surface area (Å²) >= 11 is 1.17. The van der Waals surface area contributed by atoms with E-state index in [1.165, 1.54) is 36.3 Å². The Balaban J connectivity index is 1.47. The third-order valence-electron chi connectivity index (χ3n) is 4.69. The predicted octanol–water partition coefficient (Wildman–Crippen LogP) is 4.15. The van der Waals surface area contributed by atoms with Gasteiger partial charge in [0.2, 0.25) is 0 Å². The monoisotopic (exact) mass is 504 g/mol. The average Bonchev–Trinajstić information content (AvgIpc) is 3.45. The van der Waals surface area contributed by atoms with Crippen LogP contribution >= 0.6 is 11.8 Å². The van der Waals surface area contributed by atoms with Gasteiger partial charge in [-0.25, -0.2) is 9.37 Å². The molecule has 0 spiro atoms. The molecule has 2 N–H and O–H groups in total. The Morgan fingerprint density at radius 3 is 2.74 bits per heavy atom. The van der Waals surface area contributed by atoms with Gasteiger partial charge in [0, 0.05) is 4.91 Å². The number of aromatic nitrogens is 3. The minimum absolute atomic E-state index is 0.199. The van der Waals surface area contributed by atoms with E-state index < -0.39 is 35.3 Å². The number of rotatable bonds is 6. The summed E-state index contributed by atoms with van der Waals surface area (Å²) in [5.41, 5.74) is -1.03. The van der Waals surface area contributed by atoms with Crippen molar-refractivity contribution >= 4 is 23.0 Å². The first-order chi connectivity index (χ1) is 16.7. The molecule has 1 aromatic heterocycles. The number of amidine groups is 1. The lowest BCUT2D eigenvalue weighted by Crippen LogP contribution is -2.25. The van der Waals surface area contributed by atoms with Gasteiger partial charge in [-0.3, -0.25) is 9.67 Å². The Hall–Kier alpha value is -3.89. The Kier molecular flexibility index (Phi) is 7.04. The van der Waals surface area contributed by atoms with Crippen LogP contribution in [0.2, 0.25) is 0 Å². The van der Waals surface area contributed by atoms with Gasteiger partial charge in [-0.2, -0.15) is 23.5 Å². The molecule has 0 bridgehead atoms. The van der Waals surface area contributed by atoms with E-state index in [4.69, 9.17) is 10.00 Å². The van der Waals surface area contributed by atoms with Crippen LogP contribution in [-0.2, 0) is 12.7 Å². The van der Waals surface area contributed by atoms with Crippen LogP contribution < -0.4 is 10.1 Å². The number of hydrogen-bond donors (Lipinski definition) is 2. The van der Waals surface area contributed by atoms with Gasteiger partial charge >= 0.3 is 6.18 Å². The van der Waals surface area contributed by atoms with E-state index in [2.05, 4.69) is 20.4 Å². The first-order valence-corrected chi connectivity index (χ1v) is 10.8. The van der Waals surface area contributed by atoms with Crippen LogP contribution in [0.15, 0.2) is 59.0 Å². The highest BCUT2D eigenvalue weighted by Crippen LogP contribution is 2.39. The minimum atomic E-state index is -4.79. The Bertz CT molecular complexity index is 1320. The summed E-state index contributed by atoms with van der Waals surface area (Å²) in [7, 11) is 0. The van der Waals surface area contributed by atoms with Crippen molar-refractivity contribution in [2.24, 2.45) is 4.99 Å². The summed E-state index contributed by atoms with van der Waals surface area (Å²) in [6.07, 6.45) is -1.34. The molecule has 0 aliphatic carbocycles. The van der Waals surface area contributed by atoms with Gasteiger partial charge < -0.3 is 15.2 Å². The summed E-state index contributed by atoms with van der Waals surface area (Å²) < 4.78 is 61.5. The molecule has 1 fully saturated rings. The second-order valence-corrected chi connectivity index (χ2v) is 8.22. The van der Waals surface area contributed by atoms with E-state index in [0.717, 1.165) is 18.2 Å². The highest BCUT2D eigenvalue weighted by atomic mass is 32.2. The molecule has 1 atom stereocenters. The largest absolute Gasteiger partial charge is 0.454 e. The van der Waals surface area contributed by atoms with Crippen molar-refractivity contribution in [3.63, 3.8) is 0 Å². The van der Waals surface area contributed by atoms with Crippen LogP contribution in [0.1, 0.15) is 16.7 Å². The van der Waals surface area contributed by atoms with Gasteiger partial charge in [0.15, 0.2) is 23.0 Å². The Morgan fingerprint density at radius 1 is 1.26 bits per heavy atom. The van der Waals surface area contributed by atoms with E-state index >= 15 is 0 Å². The van der Waals surface area contributed by atoms with Crippen molar-refractivity contribution in [3.8, 4) is 17.6 Å². The van der Waals surface area contributed by atoms with Crippen molar-refractivity contribution in [1.82, 2.24) is 20.1 Å². The number of halogens is 4. The topological polar surface area (TPSA) is 108 Å². The molecule has 3 aromatic rings. The first kappa shape index (κ1) is 24.2. The van der Waals surface area contributed by atoms with Crippen LogP contribution in [0.5, 0.6) is 11.5 Å². The highest BCUT2D eigenvalue weighted by molar-refractivity contribution is 8.17. The minimum Gasteiger partial charge on any atom is -0.454 e. The molecule has 2 aromatic carbocycles. The third kappa shape index (κ3) is 5.97. The quantitative estimate of drug-likeness (QED) is 0.486. The molecule has 4 rings (SSSR count). The van der Waals surface area contributed by atoms with Gasteiger partial charge in [-0.05, 0) is 42.0 Å². The lowest BCUT2D eigenvalue weighted by molar-refractivity contribution is -0.138. The summed E-state index contributed by atoms with van der Waals surface area (Å²) in [4.78, 5) is 8.63. The van der Waals surface area contributed by atoms with Crippen LogP contribution in [0.3, 0.4) is 0 Å². The van der Waals surface area contributed by atoms with Gasteiger partial charge in [0.1, 0.15) is 18.4 Å². The molecule has 0 amide bonds. The molecule has 0 saturated carbocycles. The van der Waals surface area contributed by atoms with Gasteiger partial charge in [-0.1, -0.05) is 17.8 Å². The zero-order valence-corrected chi connectivity index (χ0v) is 18.5. The summed E-state index contributed by atoms with van der Waals surface area (Å²) in [6, 6.07) is 8.09. The molecular weight excluding hydrogens is 488 g/mol. The van der Waals surface area contributed by atoms with Crippen LogP contribution in [-0.4, -0.2) is 37.8 Å². The number of thioether (sulfide) groups is 1. The summed E-state index contributed by atoms with van der Waals surface area (Å²) in [5, 5.41) is 26.3. The maximum absolute atomic E-state index is 14.6. The van der Waals surface area contributed by atoms with Gasteiger partial charge in [0.25, 0.3) is 0 Å². The predicted molar refractivity (Wildman–Crippen MR) is 120 cm³/mol. The number of alkyl halides is 3. The lowest BCUT2D eigenvalue weighted by Gasteiger charge is -2.14. The van der Waals surface area contributed by atoms with E-state index in [-0.39, 0.29) is 5.56 Å². The van der Waals surface area contributed by atoms with Gasteiger partial charge in [0.05, 0.1) is 30.3 Å². The molecular formula is C22H16F4N6O2S. The van der Waals surface area contributed by atoms with Crippen molar-refractivity contribution in [3.05, 3.63) is 76.5 Å². The molecule has 180 valence electrons. The molecule has 2 heterocycles. The van der Waals surface area contributed by atoms with Crippen LogP contribution in [0.4, 0.5) is 17.6 Å². The second-order valence-electron chi connectivity index (χ2n) is 7.15. The number of aliphatic hydroxyl groups excluding tert-OH is 1. The number of aliphatic imine (C=N–C) groups is 1. The van der Waals surface area contributed by atoms with Crippen LogP contribution in [0, 0.1) is 17.1 Å². The smallest absolute Gasteiger partial charge is 0.420 e. The van der Waals surface area contributed by atoms with Crippen molar-refractivity contribution in [1.29, 1.82) is 5.26 Å². The van der Waals surface area contributed by atoms with E-state index in [1.807, 2.05) is 0 Å². The highest BCUT2D eigenvalue weighted by Gasteiger charge is 2.35. The number of nitriles is 1. The molecule has 1 aliphatic heterocycles. The maximum Gasteiger partial charge on any atom is 0.420 e. The lowest BCUT2D eigenvalue weighted by atomic mass is 10.1. The Morgan fingerprint density at radius 2 is 2.06 bits per heavy atom. The standard InChI is InChI=1S/C22H16F4N6O2S/c23-16-8-13(9-19-20(33)31-21(35-19)29-5-6-32-12-28-11-30-32)1-4-18(16)34-17-3-2-14(10-27)7-15(17)22(24,25)26/h1-4,7-9,11-12,20,33H,5-6H2,(H,29,31)/b19-9-. The normalized spacial score (nSPS) is 18.0. The van der Waals surface area contributed by atoms with E-state index in [1.54, 1.807) is 17.1 Å². The van der Waals surface area contributed by atoms with Crippen LogP contribution in [0.25, 0.3) is 6.08 Å². The van der Waals surface area contributed by atoms with E-state index in [0.29, 0.717) is 34.8 Å². The molecule has 1 unspecified atom stereocenters.